The molecule has 0 amide bonds. The summed E-state index contributed by atoms with van der Waals surface area (Å²) in [6.45, 7) is 4.25. The van der Waals surface area contributed by atoms with Crippen LogP contribution in [0.25, 0.3) is 0 Å². The van der Waals surface area contributed by atoms with Gasteiger partial charge in [-0.3, -0.25) is 0 Å². The first-order valence-electron chi connectivity index (χ1n) is 7.44. The van der Waals surface area contributed by atoms with Gasteiger partial charge in [0.2, 0.25) is 10.0 Å². The van der Waals surface area contributed by atoms with E-state index in [1.165, 1.54) is 15.8 Å². The first kappa shape index (κ1) is 16.5. The SMILES string of the molecule is CCCC#CC=CS(=O)(=O)N1CCN(c2ccccn2)CC1. The van der Waals surface area contributed by atoms with Crippen LogP contribution in [0.5, 0.6) is 0 Å². The number of pyridine rings is 1. The molecule has 0 spiro atoms. The lowest BCUT2D eigenvalue weighted by atomic mass is 10.3. The maximum absolute atomic E-state index is 12.2. The third-order valence-corrected chi connectivity index (χ3v) is 4.94. The van der Waals surface area contributed by atoms with Gasteiger partial charge in [0.25, 0.3) is 0 Å². The standard InChI is InChI=1S/C16H21N3O2S/c1-2-3-4-5-8-15-22(20,21)19-13-11-18(12-14-19)16-9-6-7-10-17-16/h6-10,15H,2-3,11-14H2,1H3. The topological polar surface area (TPSA) is 53.5 Å². The maximum Gasteiger partial charge on any atom is 0.236 e. The Kier molecular flexibility index (Phi) is 5.99. The van der Waals surface area contributed by atoms with Gasteiger partial charge in [0.15, 0.2) is 0 Å². The number of rotatable bonds is 4. The third kappa shape index (κ3) is 4.58. The summed E-state index contributed by atoms with van der Waals surface area (Å²) in [5.74, 6) is 6.55. The zero-order chi connectivity index (χ0) is 15.8. The second kappa shape index (κ2) is 7.97. The average Bonchev–Trinajstić information content (AvgIpc) is 2.55. The average molecular weight is 319 g/mol. The number of hydrogen-bond acceptors (Lipinski definition) is 4. The summed E-state index contributed by atoms with van der Waals surface area (Å²) in [5, 5.41) is 1.20. The summed E-state index contributed by atoms with van der Waals surface area (Å²) in [6.07, 6.45) is 4.93. The van der Waals surface area contributed by atoms with Gasteiger partial charge >= 0.3 is 0 Å². The molecule has 0 saturated carbocycles. The van der Waals surface area contributed by atoms with Crippen LogP contribution in [0, 0.1) is 11.8 Å². The molecule has 0 radical (unpaired) electrons. The van der Waals surface area contributed by atoms with E-state index in [4.69, 9.17) is 0 Å². The Balaban J connectivity index is 1.92. The predicted octanol–water partition coefficient (Wildman–Crippen LogP) is 1.85. The largest absolute Gasteiger partial charge is 0.354 e. The zero-order valence-corrected chi connectivity index (χ0v) is 13.6. The lowest BCUT2D eigenvalue weighted by Gasteiger charge is -2.33. The molecule has 0 atom stereocenters. The monoisotopic (exact) mass is 319 g/mol. The molecule has 5 nitrogen and oxygen atoms in total. The van der Waals surface area contributed by atoms with Crippen LogP contribution in [0.3, 0.4) is 0 Å². The van der Waals surface area contributed by atoms with Crippen LogP contribution in [-0.4, -0.2) is 43.9 Å². The first-order valence-corrected chi connectivity index (χ1v) is 8.95. The van der Waals surface area contributed by atoms with E-state index in [0.717, 1.165) is 18.7 Å². The fourth-order valence-corrected chi connectivity index (χ4v) is 3.26. The van der Waals surface area contributed by atoms with Gasteiger partial charge in [-0.05, 0) is 18.6 Å². The molecule has 2 heterocycles. The predicted molar refractivity (Wildman–Crippen MR) is 88.8 cm³/mol. The molecule has 118 valence electrons. The van der Waals surface area contributed by atoms with Gasteiger partial charge in [-0.1, -0.05) is 24.8 Å². The minimum absolute atomic E-state index is 0.464. The van der Waals surface area contributed by atoms with Crippen molar-refractivity contribution < 1.29 is 8.42 Å². The van der Waals surface area contributed by atoms with Crippen LogP contribution >= 0.6 is 0 Å². The normalized spacial score (nSPS) is 16.5. The summed E-state index contributed by atoms with van der Waals surface area (Å²) < 4.78 is 25.9. The summed E-state index contributed by atoms with van der Waals surface area (Å²) >= 11 is 0. The smallest absolute Gasteiger partial charge is 0.236 e. The summed E-state index contributed by atoms with van der Waals surface area (Å²) in [4.78, 5) is 6.39. The van der Waals surface area contributed by atoms with Crippen LogP contribution in [-0.2, 0) is 10.0 Å². The molecular weight excluding hydrogens is 298 g/mol. The van der Waals surface area contributed by atoms with Crippen molar-refractivity contribution in [1.82, 2.24) is 9.29 Å². The van der Waals surface area contributed by atoms with Crippen molar-refractivity contribution in [2.45, 2.75) is 19.8 Å². The third-order valence-electron chi connectivity index (χ3n) is 3.37. The minimum atomic E-state index is -3.37. The summed E-state index contributed by atoms with van der Waals surface area (Å²) in [5.41, 5.74) is 0. The Labute approximate surface area is 132 Å². The zero-order valence-electron chi connectivity index (χ0n) is 12.8. The molecule has 0 N–H and O–H groups in total. The number of anilines is 1. The molecule has 0 aromatic carbocycles. The Bertz CT molecular complexity index is 652. The highest BCUT2D eigenvalue weighted by Crippen LogP contribution is 2.15. The molecule has 1 aromatic rings. The van der Waals surface area contributed by atoms with Crippen LogP contribution in [0.1, 0.15) is 19.8 Å². The van der Waals surface area contributed by atoms with Crippen molar-refractivity contribution >= 4 is 15.8 Å². The fourth-order valence-electron chi connectivity index (χ4n) is 2.17. The number of nitrogens with zero attached hydrogens (tertiary/aromatic N) is 3. The second-order valence-electron chi connectivity index (χ2n) is 4.99. The number of hydrogen-bond donors (Lipinski definition) is 0. The van der Waals surface area contributed by atoms with Crippen molar-refractivity contribution in [1.29, 1.82) is 0 Å². The van der Waals surface area contributed by atoms with E-state index in [2.05, 4.69) is 21.7 Å². The van der Waals surface area contributed by atoms with Crippen LogP contribution in [0.15, 0.2) is 35.9 Å². The first-order chi connectivity index (χ1) is 10.6. The Morgan fingerprint density at radius 1 is 1.27 bits per heavy atom. The molecule has 0 bridgehead atoms. The Morgan fingerprint density at radius 3 is 2.68 bits per heavy atom. The van der Waals surface area contributed by atoms with Crippen molar-refractivity contribution in [3.63, 3.8) is 0 Å². The Hall–Kier alpha value is -1.84. The van der Waals surface area contributed by atoms with Crippen LogP contribution < -0.4 is 4.90 Å². The van der Waals surface area contributed by atoms with Gasteiger partial charge in [0.1, 0.15) is 5.82 Å². The number of aromatic nitrogens is 1. The van der Waals surface area contributed by atoms with Gasteiger partial charge < -0.3 is 4.90 Å². The van der Waals surface area contributed by atoms with Gasteiger partial charge in [-0.2, -0.15) is 4.31 Å². The molecule has 1 aliphatic heterocycles. The van der Waals surface area contributed by atoms with E-state index in [1.54, 1.807) is 6.20 Å². The number of sulfonamides is 1. The molecule has 1 aromatic heterocycles. The van der Waals surface area contributed by atoms with Crippen molar-refractivity contribution in [3.8, 4) is 11.8 Å². The quantitative estimate of drug-likeness (QED) is 0.795. The van der Waals surface area contributed by atoms with Gasteiger partial charge in [0, 0.05) is 44.9 Å². The highest BCUT2D eigenvalue weighted by molar-refractivity contribution is 7.92. The van der Waals surface area contributed by atoms with E-state index in [0.29, 0.717) is 26.2 Å². The molecule has 6 heteroatoms. The number of allylic oxidation sites excluding steroid dienone is 1. The highest BCUT2D eigenvalue weighted by Gasteiger charge is 2.25. The molecule has 2 rings (SSSR count). The maximum atomic E-state index is 12.2. The Morgan fingerprint density at radius 2 is 2.05 bits per heavy atom. The van der Waals surface area contributed by atoms with Gasteiger partial charge in [-0.25, -0.2) is 13.4 Å². The number of unbranched alkanes of at least 4 members (excludes halogenated alkanes) is 1. The van der Waals surface area contributed by atoms with E-state index in [-0.39, 0.29) is 0 Å². The number of piperazine rings is 1. The van der Waals surface area contributed by atoms with E-state index in [9.17, 15) is 8.42 Å². The van der Waals surface area contributed by atoms with E-state index < -0.39 is 10.0 Å². The van der Waals surface area contributed by atoms with Crippen molar-refractivity contribution in [2.24, 2.45) is 0 Å². The van der Waals surface area contributed by atoms with Crippen LogP contribution in [0.4, 0.5) is 5.82 Å². The van der Waals surface area contributed by atoms with Crippen molar-refractivity contribution in [3.05, 3.63) is 35.9 Å². The van der Waals surface area contributed by atoms with E-state index >= 15 is 0 Å². The van der Waals surface area contributed by atoms with Crippen LogP contribution in [0.2, 0.25) is 0 Å². The minimum Gasteiger partial charge on any atom is -0.354 e. The molecule has 1 aliphatic rings. The second-order valence-corrected chi connectivity index (χ2v) is 6.81. The van der Waals surface area contributed by atoms with Gasteiger partial charge in [-0.15, -0.1) is 0 Å². The fraction of sp³-hybridized carbons (Fsp3) is 0.438. The summed E-state index contributed by atoms with van der Waals surface area (Å²) in [6, 6.07) is 5.74. The molecule has 0 unspecified atom stereocenters. The lowest BCUT2D eigenvalue weighted by Crippen LogP contribution is -2.48. The van der Waals surface area contributed by atoms with Gasteiger partial charge in [0.05, 0.1) is 5.41 Å². The summed E-state index contributed by atoms with van der Waals surface area (Å²) in [7, 11) is -3.37. The molecular formula is C16H21N3O2S. The molecule has 22 heavy (non-hydrogen) atoms. The molecule has 0 aliphatic carbocycles. The highest BCUT2D eigenvalue weighted by atomic mass is 32.2. The van der Waals surface area contributed by atoms with E-state index in [1.807, 2.05) is 25.1 Å². The van der Waals surface area contributed by atoms with Crippen molar-refractivity contribution in [2.75, 3.05) is 31.1 Å². The molecule has 1 fully saturated rings. The molecule has 1 saturated heterocycles. The lowest BCUT2D eigenvalue weighted by molar-refractivity contribution is 0.389.